The minimum atomic E-state index is -6.05. The molecular formula is C34H47N15O22P4S. The van der Waals surface area contributed by atoms with Crippen molar-refractivity contribution in [1.82, 2.24) is 53.6 Å². The van der Waals surface area contributed by atoms with E-state index in [1.54, 1.807) is 6.92 Å². The summed E-state index contributed by atoms with van der Waals surface area (Å²) in [5, 5.41) is 33.0. The molecule has 3 aliphatic rings. The van der Waals surface area contributed by atoms with Crippen LogP contribution in [0.3, 0.4) is 0 Å². The molecule has 0 aliphatic carbocycles. The summed E-state index contributed by atoms with van der Waals surface area (Å²) in [6.45, 7) is -5.76. The van der Waals surface area contributed by atoms with Crippen LogP contribution in [-0.4, -0.2) is 158 Å². The molecule has 6 aromatic heterocycles. The number of phosphoric ester groups is 2. The number of nitrogen functional groups attached to an aromatic ring is 3. The van der Waals surface area contributed by atoms with Crippen LogP contribution in [0.5, 0.6) is 0 Å². The van der Waals surface area contributed by atoms with Gasteiger partial charge in [-0.05, 0) is 17.8 Å². The van der Waals surface area contributed by atoms with Crippen LogP contribution in [0.25, 0.3) is 33.5 Å². The van der Waals surface area contributed by atoms with Gasteiger partial charge < -0.3 is 80.1 Å². The van der Waals surface area contributed by atoms with Crippen LogP contribution >= 0.6 is 41.6 Å². The van der Waals surface area contributed by atoms with Crippen molar-refractivity contribution in [3.63, 3.8) is 0 Å². The van der Waals surface area contributed by atoms with Crippen LogP contribution in [-0.2, 0) is 66.4 Å². The first kappa shape index (κ1) is 56.0. The summed E-state index contributed by atoms with van der Waals surface area (Å²) in [4.78, 5) is 99.2. The lowest BCUT2D eigenvalue weighted by molar-refractivity contribution is -0.745. The third-order valence-corrected chi connectivity index (χ3v) is 19.8. The third kappa shape index (κ3) is 11.1. The Morgan fingerprint density at radius 2 is 1.45 bits per heavy atom. The Bertz CT molecular complexity index is 3490. The molecule has 3 fully saturated rings. The number of nitrogens with zero attached hydrogens (tertiary/aromatic N) is 10. The molecule has 416 valence electrons. The Morgan fingerprint density at radius 3 is 2.16 bits per heavy atom. The van der Waals surface area contributed by atoms with Gasteiger partial charge in [0.25, 0.3) is 24.9 Å². The summed E-state index contributed by atoms with van der Waals surface area (Å²) in [7, 11) is -14.8. The normalized spacial score (nSPS) is 30.2. The minimum absolute atomic E-state index is 0.0230. The predicted octanol–water partition coefficient (Wildman–Crippen LogP) is -2.96. The summed E-state index contributed by atoms with van der Waals surface area (Å²) < 4.78 is 106. The second-order valence-electron chi connectivity index (χ2n) is 17.0. The molecule has 0 bridgehead atoms. The summed E-state index contributed by atoms with van der Waals surface area (Å²) in [5.41, 5.74) is 15.9. The third-order valence-electron chi connectivity index (χ3n) is 12.2. The number of H-pyrrole nitrogens is 2. The number of aliphatic hydroxyl groups is 3. The smallest absolute Gasteiger partial charge is 0.488 e. The van der Waals surface area contributed by atoms with Crippen molar-refractivity contribution in [1.29, 1.82) is 0 Å². The summed E-state index contributed by atoms with van der Waals surface area (Å²) in [6.07, 6.45) is -12.0. The number of fused-ring (bicyclic) bond motifs is 3. The molecule has 9 rings (SSSR count). The van der Waals surface area contributed by atoms with Crippen molar-refractivity contribution < 1.29 is 98.9 Å². The molecule has 0 saturated carbocycles. The number of hydrogen-bond donors (Lipinski definition) is 11. The number of imidazole rings is 3. The molecule has 0 aromatic carbocycles. The lowest BCUT2D eigenvalue weighted by atomic mass is 9.95. The molecule has 16 atom stereocenters. The lowest BCUT2D eigenvalue weighted by Crippen LogP contribution is -2.45. The summed E-state index contributed by atoms with van der Waals surface area (Å²) in [6, 6.07) is 0. The van der Waals surface area contributed by atoms with E-state index in [-0.39, 0.29) is 69.0 Å². The van der Waals surface area contributed by atoms with Gasteiger partial charge in [-0.15, -0.1) is 0 Å². The van der Waals surface area contributed by atoms with Crippen molar-refractivity contribution in [2.45, 2.75) is 80.9 Å². The highest BCUT2D eigenvalue weighted by molar-refractivity contribution is 8.55. The zero-order valence-electron chi connectivity index (χ0n) is 39.2. The second kappa shape index (κ2) is 21.2. The van der Waals surface area contributed by atoms with E-state index in [0.717, 1.165) is 24.3 Å². The van der Waals surface area contributed by atoms with E-state index in [4.69, 9.17) is 49.7 Å². The molecule has 9 heterocycles. The van der Waals surface area contributed by atoms with Gasteiger partial charge in [-0.25, -0.2) is 38.2 Å². The van der Waals surface area contributed by atoms with Crippen molar-refractivity contribution in [2.75, 3.05) is 43.3 Å². The fraction of sp³-hybridized carbons (Fsp3) is 0.559. The molecule has 3 aliphatic heterocycles. The van der Waals surface area contributed by atoms with Crippen LogP contribution in [0, 0.1) is 5.92 Å². The standard InChI is InChI=1S/C34H47N15O22P4S/c1-4-12-13(66-30(19(12)50)49-11-46(2)18-27(49)43-34(37)45-29(18)54)5-65-73(57,58)70-74(59,60)71-75(61,62)76-7-15-22(23(63-3)32(68-15)47-9-40-16-24(35)38-8-39-25(16)47)69-72(55,56)64-6-14-20(51)21(52)31(67-14)48-10-41-17-26(48)42-33(36)44-28(17)53/h8-15,19-23,30-32,50-52H,4-7H2,1-3H3,(H11-,35,36,37,38,39,42,43,44,45,53,54,55,56,57,58,59,60,61,62)/t12-,13-,14-,15-,19-,20-,21-,22-,23-,30-,31-,32-/m1/s1. The number of rotatable bonds is 20. The zero-order chi connectivity index (χ0) is 55.0. The minimum Gasteiger partial charge on any atom is -0.756 e. The Balaban J connectivity index is 0.866. The van der Waals surface area contributed by atoms with E-state index in [9.17, 15) is 62.7 Å². The maximum absolute atomic E-state index is 13.6. The summed E-state index contributed by atoms with van der Waals surface area (Å²) in [5.74, 6) is -2.28. The molecule has 14 N–H and O–H groups in total. The van der Waals surface area contributed by atoms with Gasteiger partial charge >= 0.3 is 28.1 Å². The number of nitrogens with two attached hydrogens (primary N) is 3. The topological polar surface area (TPSA) is 536 Å². The number of nitrogens with one attached hydrogen (secondary N) is 2. The van der Waals surface area contributed by atoms with Crippen molar-refractivity contribution in [2.24, 2.45) is 13.0 Å². The number of phosphoric acid groups is 3. The molecule has 0 amide bonds. The van der Waals surface area contributed by atoms with E-state index in [2.05, 4.69) is 48.5 Å². The maximum Gasteiger partial charge on any atom is 0.488 e. The molecule has 3 saturated heterocycles. The van der Waals surface area contributed by atoms with E-state index < -0.39 is 134 Å². The molecule has 0 radical (unpaired) electrons. The Labute approximate surface area is 427 Å². The number of aryl methyl sites for hydroxylation is 1. The predicted molar refractivity (Wildman–Crippen MR) is 251 cm³/mol. The van der Waals surface area contributed by atoms with Crippen LogP contribution in [0.1, 0.15) is 32.0 Å². The number of aromatic amines is 2. The van der Waals surface area contributed by atoms with E-state index in [0.29, 0.717) is 0 Å². The molecule has 37 nitrogen and oxygen atoms in total. The second-order valence-corrected chi connectivity index (χ2v) is 25.5. The molecule has 0 spiro atoms. The highest BCUT2D eigenvalue weighted by Gasteiger charge is 2.52. The molecule has 76 heavy (non-hydrogen) atoms. The number of hydrogen-bond acceptors (Lipinski definition) is 29. The molecular weight excluding hydrogens is 1130 g/mol. The van der Waals surface area contributed by atoms with Crippen molar-refractivity contribution in [3.05, 3.63) is 46.0 Å². The number of aliphatic hydroxyl groups excluding tert-OH is 3. The Hall–Kier alpha value is -4.72. The van der Waals surface area contributed by atoms with E-state index in [1.165, 1.54) is 33.4 Å². The average molecular weight is 1170 g/mol. The first-order valence-corrected chi connectivity index (χ1v) is 29.6. The monoisotopic (exact) mass is 1170 g/mol. The number of methoxy groups -OCH3 is 1. The summed E-state index contributed by atoms with van der Waals surface area (Å²) >= 11 is -0.157. The number of aromatic nitrogens is 12. The molecule has 42 heteroatoms. The highest BCUT2D eigenvalue weighted by atomic mass is 32.7. The largest absolute Gasteiger partial charge is 0.756 e. The lowest BCUT2D eigenvalue weighted by Gasteiger charge is -2.31. The number of anilines is 3. The van der Waals surface area contributed by atoms with Gasteiger partial charge in [0.2, 0.25) is 17.7 Å². The fourth-order valence-electron chi connectivity index (χ4n) is 8.87. The first-order valence-electron chi connectivity index (χ1n) is 22.0. The van der Waals surface area contributed by atoms with Crippen LogP contribution in [0.2, 0.25) is 0 Å². The van der Waals surface area contributed by atoms with E-state index in [1.807, 2.05) is 0 Å². The maximum atomic E-state index is 13.6. The highest BCUT2D eigenvalue weighted by Crippen LogP contribution is 2.72. The first-order chi connectivity index (χ1) is 35.7. The van der Waals surface area contributed by atoms with Gasteiger partial charge in [0.1, 0.15) is 48.5 Å². The Morgan fingerprint density at radius 1 is 0.789 bits per heavy atom. The SMILES string of the molecule is CC[C@H]1[C@@H](O)[C@H]([n+]2cn(C)c3c(=O)[nH]c(N)nc32)O[C@@H]1COP(=O)(O)OP(=O)(O)OP(=O)(O)SC[C@H]1O[C@@H](n2cnc3c(N)ncnc32)[C@H](OC)[C@@H]1OP(=O)([O-])OC[C@H]1O[C@@H](n2cnc3c(=O)[nH]c(N)nc32)[C@H](O)[C@@H]1O. The van der Waals surface area contributed by atoms with Crippen LogP contribution < -0.4 is 37.8 Å². The van der Waals surface area contributed by atoms with Crippen molar-refractivity contribution in [3.8, 4) is 0 Å². The Kier molecular flexibility index (Phi) is 15.6. The van der Waals surface area contributed by atoms with Gasteiger partial charge in [-0.2, -0.15) is 13.6 Å². The quantitative estimate of drug-likeness (QED) is 0.0269. The van der Waals surface area contributed by atoms with E-state index >= 15 is 0 Å². The van der Waals surface area contributed by atoms with Crippen molar-refractivity contribution >= 4 is 92.9 Å². The average Bonchev–Trinajstić information content (AvgIpc) is 4.20. The van der Waals surface area contributed by atoms with Gasteiger partial charge in [0.05, 0.1) is 45.1 Å². The fourth-order valence-corrected chi connectivity index (χ4v) is 15.8. The van der Waals surface area contributed by atoms with Gasteiger partial charge in [0.15, 0.2) is 41.4 Å². The van der Waals surface area contributed by atoms with Gasteiger partial charge in [0, 0.05) is 18.8 Å². The number of ether oxygens (including phenoxy) is 4. The molecule has 6 aromatic rings. The zero-order valence-corrected chi connectivity index (χ0v) is 43.6. The van der Waals surface area contributed by atoms with Gasteiger partial charge in [-0.3, -0.25) is 42.3 Å². The van der Waals surface area contributed by atoms with Gasteiger partial charge in [-0.1, -0.05) is 11.9 Å². The van der Waals surface area contributed by atoms with Crippen LogP contribution in [0.4, 0.5) is 17.7 Å². The molecule has 4 unspecified atom stereocenters. The van der Waals surface area contributed by atoms with Crippen LogP contribution in [0.15, 0.2) is 34.9 Å².